The van der Waals surface area contributed by atoms with Crippen LogP contribution in [0.2, 0.25) is 0 Å². The maximum absolute atomic E-state index is 11.6. The molecule has 0 spiro atoms. The van der Waals surface area contributed by atoms with Gasteiger partial charge in [-0.3, -0.25) is 0 Å². The summed E-state index contributed by atoms with van der Waals surface area (Å²) in [5, 5.41) is 13.3. The third-order valence-corrected chi connectivity index (χ3v) is 3.75. The van der Waals surface area contributed by atoms with Crippen molar-refractivity contribution in [2.24, 2.45) is 0 Å². The summed E-state index contributed by atoms with van der Waals surface area (Å²) in [4.78, 5) is 20.0. The number of aliphatic carboxylic acids is 1. The summed E-state index contributed by atoms with van der Waals surface area (Å²) >= 11 is 3.41. The number of carboxylic acids is 1. The third-order valence-electron chi connectivity index (χ3n) is 3.26. The molecule has 0 radical (unpaired) electrons. The molecule has 110 valence electrons. The molecule has 0 fully saturated rings. The fraction of sp³-hybridized carbons (Fsp3) is 0.0625. The Morgan fingerprint density at radius 2 is 1.91 bits per heavy atom. The Balaban J connectivity index is 2.04. The summed E-state index contributed by atoms with van der Waals surface area (Å²) in [6.07, 6.45) is 1.42. The summed E-state index contributed by atoms with van der Waals surface area (Å²) < 4.78 is 0.879. The van der Waals surface area contributed by atoms with Crippen LogP contribution in [0, 0.1) is 0 Å². The summed E-state index contributed by atoms with van der Waals surface area (Å²) in [5.41, 5.74) is 1.41. The molecule has 0 aliphatic rings. The van der Waals surface area contributed by atoms with Gasteiger partial charge in [-0.25, -0.2) is 14.8 Å². The standard InChI is InChI=1S/C16H12BrN3O2/c17-11-6-7-13-12(8-11)15(19-9-18-13)20-14(16(21)22)10-4-2-1-3-5-10/h1-9,14H,(H,21,22)(H,18,19,20). The van der Waals surface area contributed by atoms with E-state index in [9.17, 15) is 9.90 Å². The van der Waals surface area contributed by atoms with E-state index in [-0.39, 0.29) is 0 Å². The number of rotatable bonds is 4. The normalized spacial score (nSPS) is 12.0. The van der Waals surface area contributed by atoms with Gasteiger partial charge in [-0.05, 0) is 23.8 Å². The first-order valence-electron chi connectivity index (χ1n) is 6.60. The molecule has 1 atom stereocenters. The minimum absolute atomic E-state index is 0.488. The van der Waals surface area contributed by atoms with Crippen LogP contribution in [0.15, 0.2) is 59.3 Å². The number of benzene rings is 2. The van der Waals surface area contributed by atoms with Crippen LogP contribution < -0.4 is 5.32 Å². The van der Waals surface area contributed by atoms with E-state index in [4.69, 9.17) is 0 Å². The zero-order valence-electron chi connectivity index (χ0n) is 11.4. The van der Waals surface area contributed by atoms with Crippen molar-refractivity contribution < 1.29 is 9.90 Å². The van der Waals surface area contributed by atoms with Gasteiger partial charge in [-0.15, -0.1) is 0 Å². The van der Waals surface area contributed by atoms with Crippen molar-refractivity contribution in [1.82, 2.24) is 9.97 Å². The van der Waals surface area contributed by atoms with Crippen LogP contribution in [0.1, 0.15) is 11.6 Å². The van der Waals surface area contributed by atoms with E-state index in [1.165, 1.54) is 6.33 Å². The molecule has 1 unspecified atom stereocenters. The van der Waals surface area contributed by atoms with Crippen LogP contribution in [0.5, 0.6) is 0 Å². The zero-order chi connectivity index (χ0) is 15.5. The summed E-state index contributed by atoms with van der Waals surface area (Å²) in [6.45, 7) is 0. The highest BCUT2D eigenvalue weighted by Gasteiger charge is 2.20. The molecule has 1 aromatic heterocycles. The van der Waals surface area contributed by atoms with E-state index >= 15 is 0 Å². The average molecular weight is 358 g/mol. The first kappa shape index (κ1) is 14.5. The van der Waals surface area contributed by atoms with Gasteiger partial charge in [0.2, 0.25) is 0 Å². The summed E-state index contributed by atoms with van der Waals surface area (Å²) in [6, 6.07) is 13.7. The van der Waals surface area contributed by atoms with Gasteiger partial charge in [0.1, 0.15) is 12.1 Å². The summed E-state index contributed by atoms with van der Waals surface area (Å²) in [7, 11) is 0. The molecule has 0 aliphatic carbocycles. The first-order valence-corrected chi connectivity index (χ1v) is 7.39. The van der Waals surface area contributed by atoms with E-state index in [0.717, 1.165) is 15.4 Å². The highest BCUT2D eigenvalue weighted by Crippen LogP contribution is 2.26. The second kappa shape index (κ2) is 6.11. The smallest absolute Gasteiger partial charge is 0.330 e. The average Bonchev–Trinajstić information content (AvgIpc) is 2.53. The Kier molecular flexibility index (Phi) is 4.02. The van der Waals surface area contributed by atoms with Crippen molar-refractivity contribution in [3.8, 4) is 0 Å². The second-order valence-electron chi connectivity index (χ2n) is 4.71. The fourth-order valence-electron chi connectivity index (χ4n) is 2.21. The largest absolute Gasteiger partial charge is 0.479 e. The Morgan fingerprint density at radius 1 is 1.14 bits per heavy atom. The van der Waals surface area contributed by atoms with Crippen LogP contribution in [-0.2, 0) is 4.79 Å². The molecule has 22 heavy (non-hydrogen) atoms. The predicted molar refractivity (Wildman–Crippen MR) is 87.7 cm³/mol. The lowest BCUT2D eigenvalue weighted by molar-refractivity contribution is -0.138. The van der Waals surface area contributed by atoms with E-state index in [0.29, 0.717) is 11.4 Å². The summed E-state index contributed by atoms with van der Waals surface area (Å²) in [5.74, 6) is -0.476. The first-order chi connectivity index (χ1) is 10.6. The third kappa shape index (κ3) is 2.92. The molecular formula is C16H12BrN3O2. The van der Waals surface area contributed by atoms with Crippen LogP contribution in [-0.4, -0.2) is 21.0 Å². The van der Waals surface area contributed by atoms with Crippen molar-refractivity contribution >= 4 is 38.6 Å². The zero-order valence-corrected chi connectivity index (χ0v) is 13.0. The van der Waals surface area contributed by atoms with E-state index in [1.807, 2.05) is 36.4 Å². The molecule has 6 heteroatoms. The van der Waals surface area contributed by atoms with Crippen molar-refractivity contribution in [1.29, 1.82) is 0 Å². The van der Waals surface area contributed by atoms with Crippen LogP contribution in [0.25, 0.3) is 10.9 Å². The Bertz CT molecular complexity index is 824. The van der Waals surface area contributed by atoms with Crippen LogP contribution >= 0.6 is 15.9 Å². The fourth-order valence-corrected chi connectivity index (χ4v) is 2.57. The monoisotopic (exact) mass is 357 g/mol. The van der Waals surface area contributed by atoms with Gasteiger partial charge in [0.25, 0.3) is 0 Å². The number of anilines is 1. The van der Waals surface area contributed by atoms with Crippen molar-refractivity contribution in [2.45, 2.75) is 6.04 Å². The van der Waals surface area contributed by atoms with Gasteiger partial charge in [0.05, 0.1) is 5.52 Å². The molecule has 0 saturated carbocycles. The number of fused-ring (bicyclic) bond motifs is 1. The lowest BCUT2D eigenvalue weighted by Crippen LogP contribution is -2.21. The molecule has 3 rings (SSSR count). The molecule has 3 aromatic rings. The Morgan fingerprint density at radius 3 is 2.64 bits per heavy atom. The number of nitrogens with one attached hydrogen (secondary N) is 1. The number of carboxylic acid groups (broad SMARTS) is 1. The van der Waals surface area contributed by atoms with E-state index < -0.39 is 12.0 Å². The van der Waals surface area contributed by atoms with Crippen LogP contribution in [0.4, 0.5) is 5.82 Å². The highest BCUT2D eigenvalue weighted by molar-refractivity contribution is 9.10. The minimum Gasteiger partial charge on any atom is -0.479 e. The molecule has 0 saturated heterocycles. The van der Waals surface area contributed by atoms with Crippen LogP contribution in [0.3, 0.4) is 0 Å². The molecule has 0 amide bonds. The van der Waals surface area contributed by atoms with Gasteiger partial charge in [0, 0.05) is 9.86 Å². The SMILES string of the molecule is O=C(O)C(Nc1ncnc2ccc(Br)cc12)c1ccccc1. The number of carbonyl (C=O) groups is 1. The number of halogens is 1. The van der Waals surface area contributed by atoms with Gasteiger partial charge in [-0.1, -0.05) is 46.3 Å². The van der Waals surface area contributed by atoms with Gasteiger partial charge >= 0.3 is 5.97 Å². The molecule has 0 aliphatic heterocycles. The molecule has 2 N–H and O–H groups in total. The van der Waals surface area contributed by atoms with E-state index in [2.05, 4.69) is 31.2 Å². The second-order valence-corrected chi connectivity index (χ2v) is 5.63. The predicted octanol–water partition coefficient (Wildman–Crippen LogP) is 3.63. The minimum atomic E-state index is -0.965. The number of nitrogens with zero attached hydrogens (tertiary/aromatic N) is 2. The molecule has 1 heterocycles. The Labute approximate surface area is 135 Å². The molecular weight excluding hydrogens is 346 g/mol. The molecule has 0 bridgehead atoms. The topological polar surface area (TPSA) is 75.1 Å². The lowest BCUT2D eigenvalue weighted by Gasteiger charge is -2.16. The maximum Gasteiger partial charge on any atom is 0.330 e. The molecule has 5 nitrogen and oxygen atoms in total. The number of hydrogen-bond acceptors (Lipinski definition) is 4. The highest BCUT2D eigenvalue weighted by atomic mass is 79.9. The number of hydrogen-bond donors (Lipinski definition) is 2. The lowest BCUT2D eigenvalue weighted by atomic mass is 10.1. The van der Waals surface area contributed by atoms with Gasteiger partial charge in [0.15, 0.2) is 6.04 Å². The Hall–Kier alpha value is -2.47. The van der Waals surface area contributed by atoms with Gasteiger partial charge in [-0.2, -0.15) is 0 Å². The van der Waals surface area contributed by atoms with E-state index in [1.54, 1.807) is 12.1 Å². The molecule has 2 aromatic carbocycles. The quantitative estimate of drug-likeness (QED) is 0.745. The number of aromatic nitrogens is 2. The van der Waals surface area contributed by atoms with Gasteiger partial charge < -0.3 is 10.4 Å². The van der Waals surface area contributed by atoms with Crippen molar-refractivity contribution in [2.75, 3.05) is 5.32 Å². The van der Waals surface area contributed by atoms with Crippen molar-refractivity contribution in [3.63, 3.8) is 0 Å². The van der Waals surface area contributed by atoms with Crippen molar-refractivity contribution in [3.05, 3.63) is 64.9 Å². The maximum atomic E-state index is 11.6.